The van der Waals surface area contributed by atoms with Gasteiger partial charge in [-0.1, -0.05) is 37.1 Å². The summed E-state index contributed by atoms with van der Waals surface area (Å²) in [4.78, 5) is 10.5. The van der Waals surface area contributed by atoms with Crippen LogP contribution >= 0.6 is 0 Å². The van der Waals surface area contributed by atoms with Crippen LogP contribution in [-0.2, 0) is 10.2 Å². The predicted octanol–water partition coefficient (Wildman–Crippen LogP) is 3.71. The third-order valence-corrected chi connectivity index (χ3v) is 4.23. The highest BCUT2D eigenvalue weighted by atomic mass is 16.4. The smallest absolute Gasteiger partial charge is 0.303 e. The Kier molecular flexibility index (Phi) is 3.65. The minimum Gasteiger partial charge on any atom is -0.507 e. The molecule has 0 radical (unpaired) electrons. The number of hydrogen-bond acceptors (Lipinski definition) is 2. The molecular formula is C16H20O3. The van der Waals surface area contributed by atoms with E-state index in [1.54, 1.807) is 6.07 Å². The summed E-state index contributed by atoms with van der Waals surface area (Å²) >= 11 is 0. The fourth-order valence-corrected chi connectivity index (χ4v) is 2.86. The normalized spacial score (nSPS) is 21.1. The van der Waals surface area contributed by atoms with Crippen LogP contribution in [-0.4, -0.2) is 16.2 Å². The number of rotatable bonds is 5. The molecule has 1 aromatic rings. The Morgan fingerprint density at radius 1 is 1.32 bits per heavy atom. The van der Waals surface area contributed by atoms with Gasteiger partial charge in [0.15, 0.2) is 0 Å². The zero-order valence-electron chi connectivity index (χ0n) is 11.4. The molecule has 0 fully saturated rings. The maximum absolute atomic E-state index is 10.5. The van der Waals surface area contributed by atoms with Gasteiger partial charge in [-0.25, -0.2) is 0 Å². The van der Waals surface area contributed by atoms with E-state index >= 15 is 0 Å². The first-order valence-electron chi connectivity index (χ1n) is 6.68. The molecule has 0 aromatic heterocycles. The molecule has 2 rings (SSSR count). The number of hydrogen-bond donors (Lipinski definition) is 2. The van der Waals surface area contributed by atoms with Gasteiger partial charge in [-0.05, 0) is 31.4 Å². The number of aliphatic carboxylic acids is 1. The summed E-state index contributed by atoms with van der Waals surface area (Å²) in [7, 11) is 0. The van der Waals surface area contributed by atoms with Crippen molar-refractivity contribution in [3.8, 4) is 5.75 Å². The van der Waals surface area contributed by atoms with E-state index in [0.29, 0.717) is 12.2 Å². The molecule has 3 nitrogen and oxygen atoms in total. The summed E-state index contributed by atoms with van der Waals surface area (Å²) in [5.74, 6) is -0.409. The molecule has 1 atom stereocenters. The van der Waals surface area contributed by atoms with Crippen molar-refractivity contribution < 1.29 is 15.0 Å². The van der Waals surface area contributed by atoms with Crippen molar-refractivity contribution in [2.45, 2.75) is 44.9 Å². The zero-order valence-corrected chi connectivity index (χ0v) is 11.4. The lowest BCUT2D eigenvalue weighted by molar-refractivity contribution is -0.137. The van der Waals surface area contributed by atoms with Gasteiger partial charge in [0, 0.05) is 17.4 Å². The topological polar surface area (TPSA) is 57.5 Å². The number of carboxylic acid groups (broad SMARTS) is 1. The van der Waals surface area contributed by atoms with E-state index in [4.69, 9.17) is 5.11 Å². The summed E-state index contributed by atoms with van der Waals surface area (Å²) < 4.78 is 0. The van der Waals surface area contributed by atoms with Crippen molar-refractivity contribution in [3.05, 3.63) is 34.9 Å². The van der Waals surface area contributed by atoms with Crippen LogP contribution in [0, 0.1) is 0 Å². The molecular weight excluding hydrogens is 240 g/mol. The number of phenolic OH excluding ortho intramolecular Hbond substituents is 1. The van der Waals surface area contributed by atoms with E-state index in [-0.39, 0.29) is 11.8 Å². The van der Waals surface area contributed by atoms with Crippen LogP contribution in [0.4, 0.5) is 0 Å². The molecule has 1 aromatic carbocycles. The number of aromatic hydroxyl groups is 1. The number of carbonyl (C=O) groups is 1. The second-order valence-corrected chi connectivity index (χ2v) is 5.50. The number of carboxylic acids is 1. The van der Waals surface area contributed by atoms with Gasteiger partial charge in [0.05, 0.1) is 0 Å². The molecule has 2 N–H and O–H groups in total. The van der Waals surface area contributed by atoms with Crippen molar-refractivity contribution in [1.29, 1.82) is 0 Å². The first-order chi connectivity index (χ1) is 8.95. The highest BCUT2D eigenvalue weighted by Gasteiger charge is 2.35. The molecule has 0 saturated heterocycles. The SMILES string of the molecule is CC1=Cc2c(O)cccc2C1(C)CCCCC(=O)O. The molecule has 0 heterocycles. The molecule has 1 aliphatic rings. The number of benzene rings is 1. The molecule has 0 spiro atoms. The highest BCUT2D eigenvalue weighted by molar-refractivity contribution is 5.72. The average Bonchev–Trinajstić information content (AvgIpc) is 2.60. The van der Waals surface area contributed by atoms with Crippen molar-refractivity contribution in [1.82, 2.24) is 0 Å². The minimum atomic E-state index is -0.734. The molecule has 102 valence electrons. The summed E-state index contributed by atoms with van der Waals surface area (Å²) in [5, 5.41) is 18.6. The Balaban J connectivity index is 2.14. The van der Waals surface area contributed by atoms with Crippen LogP contribution in [0.5, 0.6) is 5.75 Å². The monoisotopic (exact) mass is 260 g/mol. The standard InChI is InChI=1S/C16H20O3/c1-11-10-12-13(6-5-7-14(12)17)16(11,2)9-4-3-8-15(18)19/h5-7,10,17H,3-4,8-9H2,1-2H3,(H,18,19). The lowest BCUT2D eigenvalue weighted by atomic mass is 9.75. The van der Waals surface area contributed by atoms with E-state index in [2.05, 4.69) is 19.9 Å². The van der Waals surface area contributed by atoms with Gasteiger partial charge in [-0.2, -0.15) is 0 Å². The van der Waals surface area contributed by atoms with E-state index in [9.17, 15) is 9.90 Å². The van der Waals surface area contributed by atoms with Crippen LogP contribution in [0.15, 0.2) is 23.8 Å². The third kappa shape index (κ3) is 2.50. The summed E-state index contributed by atoms with van der Waals surface area (Å²) in [6, 6.07) is 5.63. The number of unbranched alkanes of at least 4 members (excludes halogenated alkanes) is 1. The number of phenols is 1. The third-order valence-electron chi connectivity index (χ3n) is 4.23. The molecule has 1 aliphatic carbocycles. The van der Waals surface area contributed by atoms with Crippen molar-refractivity contribution in [2.24, 2.45) is 0 Å². The molecule has 0 bridgehead atoms. The molecule has 1 unspecified atom stereocenters. The first-order valence-corrected chi connectivity index (χ1v) is 6.68. The first kappa shape index (κ1) is 13.7. The van der Waals surface area contributed by atoms with E-state index in [0.717, 1.165) is 24.0 Å². The largest absolute Gasteiger partial charge is 0.507 e. The van der Waals surface area contributed by atoms with Gasteiger partial charge in [0.1, 0.15) is 5.75 Å². The van der Waals surface area contributed by atoms with Crippen LogP contribution in [0.2, 0.25) is 0 Å². The Hall–Kier alpha value is -1.77. The van der Waals surface area contributed by atoms with E-state index < -0.39 is 5.97 Å². The zero-order chi connectivity index (χ0) is 14.0. The molecule has 0 aliphatic heterocycles. The fourth-order valence-electron chi connectivity index (χ4n) is 2.86. The van der Waals surface area contributed by atoms with Gasteiger partial charge in [0.25, 0.3) is 0 Å². The fraction of sp³-hybridized carbons (Fsp3) is 0.438. The quantitative estimate of drug-likeness (QED) is 0.793. The molecule has 0 amide bonds. The second kappa shape index (κ2) is 5.08. The van der Waals surface area contributed by atoms with Crippen LogP contribution in [0.1, 0.15) is 50.7 Å². The van der Waals surface area contributed by atoms with Gasteiger partial charge in [-0.15, -0.1) is 0 Å². The molecule has 0 saturated carbocycles. The predicted molar refractivity (Wildman–Crippen MR) is 75.2 cm³/mol. The summed E-state index contributed by atoms with van der Waals surface area (Å²) in [6.07, 6.45) is 4.77. The highest BCUT2D eigenvalue weighted by Crippen LogP contribution is 2.47. The minimum absolute atomic E-state index is 0.0768. The van der Waals surface area contributed by atoms with Crippen LogP contribution in [0.3, 0.4) is 0 Å². The van der Waals surface area contributed by atoms with E-state index in [1.807, 2.05) is 12.1 Å². The molecule has 19 heavy (non-hydrogen) atoms. The maximum atomic E-state index is 10.5. The van der Waals surface area contributed by atoms with Crippen LogP contribution < -0.4 is 0 Å². The lowest BCUT2D eigenvalue weighted by Crippen LogP contribution is -2.21. The maximum Gasteiger partial charge on any atom is 0.303 e. The summed E-state index contributed by atoms with van der Waals surface area (Å²) in [6.45, 7) is 4.25. The average molecular weight is 260 g/mol. The van der Waals surface area contributed by atoms with Gasteiger partial charge in [-0.3, -0.25) is 4.79 Å². The number of fused-ring (bicyclic) bond motifs is 1. The Labute approximate surface area is 113 Å². The van der Waals surface area contributed by atoms with Gasteiger partial charge >= 0.3 is 5.97 Å². The summed E-state index contributed by atoms with van der Waals surface area (Å²) in [5.41, 5.74) is 3.23. The Morgan fingerprint density at radius 2 is 2.05 bits per heavy atom. The van der Waals surface area contributed by atoms with Crippen LogP contribution in [0.25, 0.3) is 6.08 Å². The van der Waals surface area contributed by atoms with Crippen molar-refractivity contribution in [2.75, 3.05) is 0 Å². The van der Waals surface area contributed by atoms with Gasteiger partial charge < -0.3 is 10.2 Å². The Bertz CT molecular complexity index is 531. The molecule has 3 heteroatoms. The number of allylic oxidation sites excluding steroid dienone is 1. The lowest BCUT2D eigenvalue weighted by Gasteiger charge is -2.28. The second-order valence-electron chi connectivity index (χ2n) is 5.50. The van der Waals surface area contributed by atoms with Crippen molar-refractivity contribution >= 4 is 12.0 Å². The van der Waals surface area contributed by atoms with Crippen molar-refractivity contribution in [3.63, 3.8) is 0 Å². The van der Waals surface area contributed by atoms with Gasteiger partial charge in [0.2, 0.25) is 0 Å². The van der Waals surface area contributed by atoms with E-state index in [1.165, 1.54) is 5.57 Å². The Morgan fingerprint density at radius 3 is 2.74 bits per heavy atom.